The van der Waals surface area contributed by atoms with E-state index in [-0.39, 0.29) is 5.15 Å². The number of nitrogens with zero attached hydrogens (tertiary/aromatic N) is 5. The Morgan fingerprint density at radius 1 is 1.30 bits per heavy atom. The molecule has 0 aliphatic carbocycles. The van der Waals surface area contributed by atoms with E-state index in [9.17, 15) is 0 Å². The second-order valence-electron chi connectivity index (χ2n) is 3.72. The molecule has 0 radical (unpaired) electrons. The molecule has 0 saturated carbocycles. The fraction of sp³-hybridized carbons (Fsp3) is 0.0769. The third-order valence-corrected chi connectivity index (χ3v) is 2.70. The lowest BCUT2D eigenvalue weighted by Crippen LogP contribution is -1.90. The molecule has 6 nitrogen and oxygen atoms in total. The Labute approximate surface area is 120 Å². The van der Waals surface area contributed by atoms with Gasteiger partial charge in [0.1, 0.15) is 11.8 Å². The molecular weight excluding hydrogens is 278 g/mol. The molecule has 0 unspecified atom stereocenters. The highest BCUT2D eigenvalue weighted by molar-refractivity contribution is 6.32. The van der Waals surface area contributed by atoms with Crippen molar-refractivity contribution in [2.75, 3.05) is 0 Å². The second-order valence-corrected chi connectivity index (χ2v) is 4.08. The van der Waals surface area contributed by atoms with Gasteiger partial charge in [0.2, 0.25) is 0 Å². The molecule has 1 aromatic heterocycles. The van der Waals surface area contributed by atoms with Gasteiger partial charge >= 0.3 is 0 Å². The number of azide groups is 1. The molecule has 0 N–H and O–H groups in total. The molecule has 1 heterocycles. The van der Waals surface area contributed by atoms with E-state index in [1.165, 1.54) is 12.4 Å². The summed E-state index contributed by atoms with van der Waals surface area (Å²) in [5.74, 6) is 0. The van der Waals surface area contributed by atoms with Gasteiger partial charge in [0.05, 0.1) is 11.9 Å². The Morgan fingerprint density at radius 2 is 2.10 bits per heavy atom. The zero-order valence-corrected chi connectivity index (χ0v) is 11.1. The number of aromatic nitrogens is 1. The number of rotatable bonds is 5. The van der Waals surface area contributed by atoms with Crippen LogP contribution in [-0.2, 0) is 11.4 Å². The minimum absolute atomic E-state index is 0.196. The maximum atomic E-state index is 8.47. The lowest BCUT2D eigenvalue weighted by Gasteiger charge is -2.01. The van der Waals surface area contributed by atoms with Crippen molar-refractivity contribution in [2.45, 2.75) is 6.61 Å². The molecule has 0 aliphatic heterocycles. The highest BCUT2D eigenvalue weighted by atomic mass is 35.5. The lowest BCUT2D eigenvalue weighted by atomic mass is 10.2. The van der Waals surface area contributed by atoms with Crippen molar-refractivity contribution in [2.24, 2.45) is 10.3 Å². The molecule has 20 heavy (non-hydrogen) atoms. The average molecular weight is 288 g/mol. The van der Waals surface area contributed by atoms with Gasteiger partial charge in [-0.2, -0.15) is 0 Å². The number of halogens is 1. The highest BCUT2D eigenvalue weighted by Gasteiger charge is 2.04. The molecule has 0 bridgehead atoms. The number of oxime groups is 1. The summed E-state index contributed by atoms with van der Waals surface area (Å²) in [6, 6.07) is 11.2. The van der Waals surface area contributed by atoms with Crippen molar-refractivity contribution in [3.8, 4) is 0 Å². The van der Waals surface area contributed by atoms with Crippen LogP contribution < -0.4 is 0 Å². The van der Waals surface area contributed by atoms with Gasteiger partial charge in [-0.05, 0) is 17.2 Å². The van der Waals surface area contributed by atoms with Crippen molar-refractivity contribution in [3.05, 3.63) is 69.3 Å². The van der Waals surface area contributed by atoms with Crippen LogP contribution in [0.25, 0.3) is 10.4 Å². The summed E-state index contributed by atoms with van der Waals surface area (Å²) in [6.07, 6.45) is 2.83. The molecule has 0 atom stereocenters. The van der Waals surface area contributed by atoms with E-state index in [4.69, 9.17) is 22.0 Å². The Bertz CT molecular complexity index is 653. The van der Waals surface area contributed by atoms with Crippen molar-refractivity contribution in [1.29, 1.82) is 0 Å². The summed E-state index contributed by atoms with van der Waals surface area (Å²) in [5, 5.41) is 7.52. The molecule has 2 aromatic rings. The zero-order chi connectivity index (χ0) is 14.2. The Kier molecular flexibility index (Phi) is 4.94. The van der Waals surface area contributed by atoms with Crippen LogP contribution in [0.3, 0.4) is 0 Å². The Hall–Kier alpha value is -2.56. The standard InChI is InChI=1S/C13H10ClN5O/c14-13-11(12(18-19-15)6-7-16-13)8-17-20-9-10-4-2-1-3-5-10/h1-8H,9H2/b17-8+. The fourth-order valence-corrected chi connectivity index (χ4v) is 1.67. The molecule has 7 heteroatoms. The monoisotopic (exact) mass is 287 g/mol. The maximum Gasteiger partial charge on any atom is 0.142 e. The van der Waals surface area contributed by atoms with Crippen molar-refractivity contribution < 1.29 is 4.84 Å². The quantitative estimate of drug-likeness (QED) is 0.206. The summed E-state index contributed by atoms with van der Waals surface area (Å²) < 4.78 is 0. The van der Waals surface area contributed by atoms with Crippen LogP contribution in [-0.4, -0.2) is 11.2 Å². The molecular formula is C13H10ClN5O. The number of hydrogen-bond donors (Lipinski definition) is 0. The molecule has 0 amide bonds. The van der Waals surface area contributed by atoms with Crippen LogP contribution in [0.5, 0.6) is 0 Å². The van der Waals surface area contributed by atoms with Crippen LogP contribution in [0.15, 0.2) is 52.9 Å². The smallest absolute Gasteiger partial charge is 0.142 e. The van der Waals surface area contributed by atoms with E-state index in [2.05, 4.69) is 20.2 Å². The van der Waals surface area contributed by atoms with Crippen molar-refractivity contribution in [3.63, 3.8) is 0 Å². The van der Waals surface area contributed by atoms with E-state index in [1.807, 2.05) is 30.3 Å². The molecule has 0 saturated heterocycles. The Morgan fingerprint density at radius 3 is 2.85 bits per heavy atom. The van der Waals surface area contributed by atoms with Gasteiger partial charge in [-0.3, -0.25) is 0 Å². The normalized spacial score (nSPS) is 10.2. The van der Waals surface area contributed by atoms with Gasteiger partial charge in [0, 0.05) is 16.7 Å². The predicted molar refractivity (Wildman–Crippen MR) is 76.9 cm³/mol. The van der Waals surface area contributed by atoms with Crippen molar-refractivity contribution >= 4 is 23.5 Å². The van der Waals surface area contributed by atoms with E-state index >= 15 is 0 Å². The fourth-order valence-electron chi connectivity index (χ4n) is 1.47. The summed E-state index contributed by atoms with van der Waals surface area (Å²) in [5.41, 5.74) is 10.2. The zero-order valence-electron chi connectivity index (χ0n) is 10.3. The topological polar surface area (TPSA) is 83.2 Å². The first-order valence-corrected chi connectivity index (χ1v) is 6.08. The summed E-state index contributed by atoms with van der Waals surface area (Å²) in [7, 11) is 0. The van der Waals surface area contributed by atoms with Crippen LogP contribution in [0, 0.1) is 0 Å². The first kappa shape index (κ1) is 13.9. The van der Waals surface area contributed by atoms with Crippen molar-refractivity contribution in [1.82, 2.24) is 4.98 Å². The first-order chi connectivity index (χ1) is 9.81. The SMILES string of the molecule is [N-]=[N+]=Nc1ccnc(Cl)c1/C=N/OCc1ccccc1. The second kappa shape index (κ2) is 7.13. The molecule has 1 aromatic carbocycles. The van der Waals surface area contributed by atoms with E-state index < -0.39 is 0 Å². The largest absolute Gasteiger partial charge is 0.391 e. The predicted octanol–water partition coefficient (Wildman–Crippen LogP) is 4.23. The van der Waals surface area contributed by atoms with E-state index in [0.717, 1.165) is 5.56 Å². The number of benzene rings is 1. The molecule has 0 spiro atoms. The average Bonchev–Trinajstić information content (AvgIpc) is 2.47. The Balaban J connectivity index is 2.06. The van der Waals surface area contributed by atoms with Gasteiger partial charge in [0.25, 0.3) is 0 Å². The molecule has 0 aliphatic rings. The number of pyridine rings is 1. The lowest BCUT2D eigenvalue weighted by molar-refractivity contribution is 0.132. The molecule has 100 valence electrons. The van der Waals surface area contributed by atoms with Gasteiger partial charge in [0.15, 0.2) is 0 Å². The minimum atomic E-state index is 0.196. The van der Waals surface area contributed by atoms with Crippen LogP contribution in [0.4, 0.5) is 5.69 Å². The molecule has 0 fully saturated rings. The third-order valence-electron chi connectivity index (χ3n) is 2.40. The minimum Gasteiger partial charge on any atom is -0.391 e. The van der Waals surface area contributed by atoms with Gasteiger partial charge in [-0.15, -0.1) is 0 Å². The van der Waals surface area contributed by atoms with Crippen LogP contribution in [0.2, 0.25) is 5.15 Å². The highest BCUT2D eigenvalue weighted by Crippen LogP contribution is 2.23. The van der Waals surface area contributed by atoms with Crippen LogP contribution >= 0.6 is 11.6 Å². The van der Waals surface area contributed by atoms with E-state index in [1.54, 1.807) is 6.07 Å². The van der Waals surface area contributed by atoms with E-state index in [0.29, 0.717) is 17.9 Å². The third kappa shape index (κ3) is 3.71. The number of hydrogen-bond acceptors (Lipinski definition) is 4. The van der Waals surface area contributed by atoms with Gasteiger partial charge in [-0.1, -0.05) is 52.2 Å². The maximum absolute atomic E-state index is 8.47. The first-order valence-electron chi connectivity index (χ1n) is 5.70. The summed E-state index contributed by atoms with van der Waals surface area (Å²) in [6.45, 7) is 0.339. The van der Waals surface area contributed by atoms with Gasteiger partial charge in [-0.25, -0.2) is 4.98 Å². The molecule has 2 rings (SSSR count). The summed E-state index contributed by atoms with van der Waals surface area (Å²) >= 11 is 5.92. The summed E-state index contributed by atoms with van der Waals surface area (Å²) in [4.78, 5) is 11.8. The van der Waals surface area contributed by atoms with Crippen LogP contribution in [0.1, 0.15) is 11.1 Å². The van der Waals surface area contributed by atoms with Gasteiger partial charge < -0.3 is 4.84 Å².